The fraction of sp³-hybridized carbons (Fsp3) is 0.143. The number of hydrogen-bond donors (Lipinski definition) is 1. The van der Waals surface area contributed by atoms with E-state index in [1.165, 1.54) is 0 Å². The first-order valence-corrected chi connectivity index (χ1v) is 8.31. The highest BCUT2D eigenvalue weighted by Gasteiger charge is 2.07. The van der Waals surface area contributed by atoms with Gasteiger partial charge in [0.25, 0.3) is 0 Å². The number of nitrogens with zero attached hydrogens (tertiary/aromatic N) is 2. The summed E-state index contributed by atoms with van der Waals surface area (Å²) in [7, 11) is 0. The Labute approximate surface area is 156 Å². The first-order valence-electron chi connectivity index (χ1n) is 8.31. The Bertz CT molecular complexity index is 1090. The van der Waals surface area contributed by atoms with Crippen molar-refractivity contribution in [2.24, 2.45) is 0 Å². The molecule has 6 nitrogen and oxygen atoms in total. The quantitative estimate of drug-likeness (QED) is 0.681. The van der Waals surface area contributed by atoms with Gasteiger partial charge in [-0.3, -0.25) is 4.79 Å². The molecule has 0 fully saturated rings. The van der Waals surface area contributed by atoms with Crippen LogP contribution in [0.1, 0.15) is 18.9 Å². The Balaban J connectivity index is 1.75. The molecule has 1 heterocycles. The number of ether oxygens (including phenoxy) is 1. The lowest BCUT2D eigenvalue weighted by Gasteiger charge is -2.10. The van der Waals surface area contributed by atoms with E-state index in [-0.39, 0.29) is 19.1 Å². The zero-order valence-corrected chi connectivity index (χ0v) is 14.7. The lowest BCUT2D eigenvalue weighted by atomic mass is 10.2. The van der Waals surface area contributed by atoms with E-state index in [4.69, 9.17) is 10.00 Å². The lowest BCUT2D eigenvalue weighted by Crippen LogP contribution is -2.12. The molecule has 0 saturated carbocycles. The van der Waals surface area contributed by atoms with Gasteiger partial charge in [-0.2, -0.15) is 5.26 Å². The standard InChI is InChI=1S/C21H17N3O3/c1-15(13-25)9-21(26)23-18-6-5-17-7-8-24(20(17)11-18)14-27-19-4-2-3-16(10-19)12-22/h2-8,10-11H,9,14H2,1H3,(H,23,26). The SMILES string of the molecule is CC(=C=O)CC(=O)Nc1ccc2ccn(COc3cccc(C#N)c3)c2c1. The number of carbonyl (C=O) groups is 1. The van der Waals surface area contributed by atoms with Crippen LogP contribution in [0.4, 0.5) is 5.69 Å². The van der Waals surface area contributed by atoms with Crippen molar-refractivity contribution in [2.75, 3.05) is 5.32 Å². The summed E-state index contributed by atoms with van der Waals surface area (Å²) < 4.78 is 7.67. The molecule has 0 bridgehead atoms. The van der Waals surface area contributed by atoms with E-state index in [0.29, 0.717) is 22.6 Å². The van der Waals surface area contributed by atoms with Gasteiger partial charge in [0.1, 0.15) is 11.7 Å². The van der Waals surface area contributed by atoms with E-state index in [0.717, 1.165) is 10.9 Å². The monoisotopic (exact) mass is 359 g/mol. The van der Waals surface area contributed by atoms with Gasteiger partial charge in [-0.1, -0.05) is 12.1 Å². The van der Waals surface area contributed by atoms with Crippen LogP contribution in [0.25, 0.3) is 10.9 Å². The minimum Gasteiger partial charge on any atom is -0.473 e. The molecule has 27 heavy (non-hydrogen) atoms. The maximum Gasteiger partial charge on any atom is 0.229 e. The van der Waals surface area contributed by atoms with Gasteiger partial charge in [0.2, 0.25) is 5.91 Å². The van der Waals surface area contributed by atoms with Gasteiger partial charge in [-0.25, -0.2) is 4.79 Å². The van der Waals surface area contributed by atoms with Crippen LogP contribution in [0.5, 0.6) is 5.75 Å². The van der Waals surface area contributed by atoms with Crippen LogP contribution in [0.3, 0.4) is 0 Å². The molecule has 2 aromatic carbocycles. The molecule has 0 spiro atoms. The van der Waals surface area contributed by atoms with Crippen LogP contribution < -0.4 is 10.1 Å². The second kappa shape index (κ2) is 8.05. The molecule has 0 saturated heterocycles. The summed E-state index contributed by atoms with van der Waals surface area (Å²) >= 11 is 0. The first-order chi connectivity index (χ1) is 13.1. The molecule has 0 aliphatic heterocycles. The number of fused-ring (bicyclic) bond motifs is 1. The third kappa shape index (κ3) is 4.43. The van der Waals surface area contributed by atoms with Crippen molar-refractivity contribution in [1.82, 2.24) is 4.57 Å². The van der Waals surface area contributed by atoms with E-state index in [1.54, 1.807) is 37.1 Å². The molecule has 134 valence electrons. The van der Waals surface area contributed by atoms with Crippen molar-refractivity contribution in [2.45, 2.75) is 20.1 Å². The Kier molecular flexibility index (Phi) is 5.36. The summed E-state index contributed by atoms with van der Waals surface area (Å²) in [6.45, 7) is 1.84. The second-order valence-electron chi connectivity index (χ2n) is 6.08. The zero-order valence-electron chi connectivity index (χ0n) is 14.7. The predicted octanol–water partition coefficient (Wildman–Crippen LogP) is 3.66. The second-order valence-corrected chi connectivity index (χ2v) is 6.08. The van der Waals surface area contributed by atoms with Crippen LogP contribution in [0, 0.1) is 11.3 Å². The summed E-state index contributed by atoms with van der Waals surface area (Å²) in [6, 6.07) is 16.6. The average Bonchev–Trinajstić information content (AvgIpc) is 3.08. The highest BCUT2D eigenvalue weighted by Crippen LogP contribution is 2.22. The molecule has 1 amide bonds. The van der Waals surface area contributed by atoms with E-state index >= 15 is 0 Å². The van der Waals surface area contributed by atoms with Crippen molar-refractivity contribution in [3.8, 4) is 11.8 Å². The van der Waals surface area contributed by atoms with Gasteiger partial charge in [0.05, 0.1) is 23.6 Å². The summed E-state index contributed by atoms with van der Waals surface area (Å²) in [5, 5.41) is 12.7. The van der Waals surface area contributed by atoms with Crippen molar-refractivity contribution in [1.29, 1.82) is 5.26 Å². The molecule has 0 aliphatic carbocycles. The normalized spacial score (nSPS) is 10.1. The summed E-state index contributed by atoms with van der Waals surface area (Å²) in [5.41, 5.74) is 2.42. The zero-order chi connectivity index (χ0) is 19.2. The number of rotatable bonds is 6. The van der Waals surface area contributed by atoms with Gasteiger partial charge in [-0.05, 0) is 48.7 Å². The topological polar surface area (TPSA) is 84.1 Å². The molecular formula is C21H17N3O3. The number of benzene rings is 2. The summed E-state index contributed by atoms with van der Waals surface area (Å²) in [4.78, 5) is 22.5. The third-order valence-corrected chi connectivity index (χ3v) is 3.99. The minimum atomic E-state index is -0.266. The van der Waals surface area contributed by atoms with Gasteiger partial charge in [-0.15, -0.1) is 0 Å². The van der Waals surface area contributed by atoms with Gasteiger partial charge < -0.3 is 14.6 Å². The number of nitriles is 1. The van der Waals surface area contributed by atoms with Crippen molar-refractivity contribution in [3.05, 3.63) is 65.9 Å². The smallest absolute Gasteiger partial charge is 0.229 e. The minimum absolute atomic E-state index is 0.0148. The van der Waals surface area contributed by atoms with E-state index < -0.39 is 0 Å². The summed E-state index contributed by atoms with van der Waals surface area (Å²) in [5.74, 6) is 2.06. The molecule has 1 aromatic heterocycles. The fourth-order valence-corrected chi connectivity index (χ4v) is 2.66. The maximum atomic E-state index is 11.9. The molecule has 0 aliphatic rings. The number of hydrogen-bond acceptors (Lipinski definition) is 4. The van der Waals surface area contributed by atoms with E-state index in [2.05, 4.69) is 11.4 Å². The number of carbonyl (C=O) groups excluding carboxylic acids is 2. The van der Waals surface area contributed by atoms with Gasteiger partial charge in [0.15, 0.2) is 6.73 Å². The average molecular weight is 359 g/mol. The van der Waals surface area contributed by atoms with Crippen LogP contribution in [-0.2, 0) is 16.3 Å². The Morgan fingerprint density at radius 3 is 2.85 bits per heavy atom. The molecule has 0 atom stereocenters. The van der Waals surface area contributed by atoms with E-state index in [1.807, 2.05) is 35.0 Å². The molecule has 6 heteroatoms. The molecule has 0 unspecified atom stereocenters. The maximum absolute atomic E-state index is 11.9. The highest BCUT2D eigenvalue weighted by molar-refractivity contribution is 5.95. The predicted molar refractivity (Wildman–Crippen MR) is 102 cm³/mol. The van der Waals surface area contributed by atoms with Crippen LogP contribution in [0.15, 0.2) is 60.3 Å². The van der Waals surface area contributed by atoms with E-state index in [9.17, 15) is 9.59 Å². The molecular weight excluding hydrogens is 342 g/mol. The van der Waals surface area contributed by atoms with Crippen LogP contribution in [-0.4, -0.2) is 16.4 Å². The van der Waals surface area contributed by atoms with Gasteiger partial charge >= 0.3 is 0 Å². The van der Waals surface area contributed by atoms with Crippen molar-refractivity contribution >= 4 is 28.4 Å². The number of amides is 1. The first kappa shape index (κ1) is 18.0. The Hall–Kier alpha value is -3.81. The van der Waals surface area contributed by atoms with Gasteiger partial charge in [0, 0.05) is 17.5 Å². The van der Waals surface area contributed by atoms with Crippen LogP contribution >= 0.6 is 0 Å². The third-order valence-electron chi connectivity index (χ3n) is 3.99. The Morgan fingerprint density at radius 2 is 2.07 bits per heavy atom. The fourth-order valence-electron chi connectivity index (χ4n) is 2.66. The molecule has 3 aromatic rings. The van der Waals surface area contributed by atoms with Crippen molar-refractivity contribution in [3.63, 3.8) is 0 Å². The number of aromatic nitrogens is 1. The molecule has 1 N–H and O–H groups in total. The summed E-state index contributed by atoms with van der Waals surface area (Å²) in [6.07, 6.45) is 1.91. The molecule has 3 rings (SSSR count). The largest absolute Gasteiger partial charge is 0.473 e. The lowest BCUT2D eigenvalue weighted by molar-refractivity contribution is -0.115. The van der Waals surface area contributed by atoms with Crippen molar-refractivity contribution < 1.29 is 14.3 Å². The van der Waals surface area contributed by atoms with Crippen LogP contribution in [0.2, 0.25) is 0 Å². The Morgan fingerprint density at radius 1 is 1.22 bits per heavy atom. The highest BCUT2D eigenvalue weighted by atomic mass is 16.5. The molecule has 0 radical (unpaired) electrons. The number of nitrogens with one attached hydrogen (secondary N) is 1. The number of anilines is 1.